The third kappa shape index (κ3) is 2.51. The van der Waals surface area contributed by atoms with Crippen LogP contribution < -0.4 is 11.4 Å². The SMILES string of the molecule is CC#C[C@@]1(F)C(O)[C@@H]([C@H](C)O)O[C@H]1n1ccc(N)nc1=O. The third-order valence-electron chi connectivity index (χ3n) is 3.28. The Kier molecular flexibility index (Phi) is 4.00. The number of alkyl halides is 1. The van der Waals surface area contributed by atoms with E-state index in [-0.39, 0.29) is 5.82 Å². The van der Waals surface area contributed by atoms with Crippen molar-refractivity contribution in [3.8, 4) is 11.8 Å². The van der Waals surface area contributed by atoms with E-state index in [9.17, 15) is 15.0 Å². The van der Waals surface area contributed by atoms with Gasteiger partial charge in [0.25, 0.3) is 0 Å². The van der Waals surface area contributed by atoms with E-state index in [2.05, 4.69) is 16.8 Å². The van der Waals surface area contributed by atoms with Crippen LogP contribution in [0.25, 0.3) is 0 Å². The van der Waals surface area contributed by atoms with E-state index >= 15 is 4.39 Å². The Labute approximate surface area is 120 Å². The molecule has 0 saturated carbocycles. The highest BCUT2D eigenvalue weighted by Crippen LogP contribution is 2.41. The molecule has 1 aromatic heterocycles. The average Bonchev–Trinajstić information content (AvgIpc) is 2.64. The van der Waals surface area contributed by atoms with Crippen LogP contribution in [-0.2, 0) is 4.74 Å². The molecule has 1 aliphatic rings. The first-order chi connectivity index (χ1) is 9.81. The number of anilines is 1. The standard InChI is InChI=1S/C13H16FN3O4/c1-3-5-13(14)10(19)9(7(2)18)21-11(13)17-6-4-8(15)16-12(17)20/h4,6-7,9-11,18-19H,1-2H3,(H2,15,16,20)/t7-,9+,10?,11+,13+/m0/s1. The Morgan fingerprint density at radius 3 is 2.86 bits per heavy atom. The summed E-state index contributed by atoms with van der Waals surface area (Å²) in [5.41, 5.74) is 2.00. The molecule has 1 fully saturated rings. The minimum Gasteiger partial charge on any atom is -0.391 e. The lowest BCUT2D eigenvalue weighted by molar-refractivity contribution is -0.0802. The zero-order chi connectivity index (χ0) is 15.8. The molecule has 1 unspecified atom stereocenters. The maximum atomic E-state index is 15.1. The first kappa shape index (κ1) is 15.4. The van der Waals surface area contributed by atoms with E-state index < -0.39 is 35.9 Å². The number of ether oxygens (including phenoxy) is 1. The molecule has 0 aromatic carbocycles. The van der Waals surface area contributed by atoms with Crippen molar-refractivity contribution in [2.45, 2.75) is 44.1 Å². The van der Waals surface area contributed by atoms with Gasteiger partial charge in [-0.2, -0.15) is 4.98 Å². The van der Waals surface area contributed by atoms with E-state index in [1.807, 2.05) is 0 Å². The topological polar surface area (TPSA) is 111 Å². The van der Waals surface area contributed by atoms with Crippen LogP contribution in [0.2, 0.25) is 0 Å². The van der Waals surface area contributed by atoms with Gasteiger partial charge in [0.1, 0.15) is 18.0 Å². The molecule has 0 amide bonds. The quantitative estimate of drug-likeness (QED) is 0.616. The van der Waals surface area contributed by atoms with Gasteiger partial charge >= 0.3 is 5.69 Å². The molecule has 7 nitrogen and oxygen atoms in total. The Morgan fingerprint density at radius 1 is 1.67 bits per heavy atom. The number of nitrogen functional groups attached to an aromatic ring is 1. The average molecular weight is 297 g/mol. The van der Waals surface area contributed by atoms with Crippen molar-refractivity contribution in [1.29, 1.82) is 0 Å². The fourth-order valence-corrected chi connectivity index (χ4v) is 2.28. The highest BCUT2D eigenvalue weighted by Gasteiger charge is 2.59. The van der Waals surface area contributed by atoms with Crippen LogP contribution in [0.15, 0.2) is 17.1 Å². The molecule has 2 rings (SSSR count). The predicted molar refractivity (Wildman–Crippen MR) is 71.8 cm³/mol. The first-order valence-electron chi connectivity index (χ1n) is 6.30. The summed E-state index contributed by atoms with van der Waals surface area (Å²) >= 11 is 0. The highest BCUT2D eigenvalue weighted by atomic mass is 19.1. The number of halogens is 1. The summed E-state index contributed by atoms with van der Waals surface area (Å²) in [7, 11) is 0. The van der Waals surface area contributed by atoms with Crippen LogP contribution in [0.5, 0.6) is 0 Å². The lowest BCUT2D eigenvalue weighted by Crippen LogP contribution is -2.45. The fourth-order valence-electron chi connectivity index (χ4n) is 2.28. The summed E-state index contributed by atoms with van der Waals surface area (Å²) in [4.78, 5) is 15.3. The molecule has 0 radical (unpaired) electrons. The number of nitrogens with zero attached hydrogens (tertiary/aromatic N) is 2. The minimum absolute atomic E-state index is 0.0205. The smallest absolute Gasteiger partial charge is 0.351 e. The molecule has 1 aliphatic heterocycles. The van der Waals surface area contributed by atoms with E-state index in [1.54, 1.807) is 0 Å². The van der Waals surface area contributed by atoms with Crippen molar-refractivity contribution in [2.75, 3.05) is 5.73 Å². The first-order valence-corrected chi connectivity index (χ1v) is 6.30. The second-order valence-corrected chi connectivity index (χ2v) is 4.82. The Morgan fingerprint density at radius 2 is 2.33 bits per heavy atom. The summed E-state index contributed by atoms with van der Waals surface area (Å²) in [6.07, 6.45) is -4.39. The van der Waals surface area contributed by atoms with E-state index in [4.69, 9.17) is 10.5 Å². The minimum atomic E-state index is -2.54. The molecule has 114 valence electrons. The normalized spacial score (nSPS) is 33.3. The molecule has 4 N–H and O–H groups in total. The molecular formula is C13H16FN3O4. The summed E-state index contributed by atoms with van der Waals surface area (Å²) in [6.45, 7) is 2.74. The van der Waals surface area contributed by atoms with Gasteiger partial charge < -0.3 is 20.7 Å². The summed E-state index contributed by atoms with van der Waals surface area (Å²) in [5, 5.41) is 19.6. The number of rotatable bonds is 2. The van der Waals surface area contributed by atoms with Crippen molar-refractivity contribution in [2.24, 2.45) is 0 Å². The van der Waals surface area contributed by atoms with Crippen LogP contribution in [-0.4, -0.2) is 43.7 Å². The highest BCUT2D eigenvalue weighted by molar-refractivity contribution is 5.26. The molecule has 21 heavy (non-hydrogen) atoms. The van der Waals surface area contributed by atoms with Gasteiger partial charge in [0, 0.05) is 6.20 Å². The van der Waals surface area contributed by atoms with Crippen molar-refractivity contribution in [1.82, 2.24) is 9.55 Å². The van der Waals surface area contributed by atoms with Gasteiger partial charge in [-0.25, -0.2) is 9.18 Å². The molecule has 0 bridgehead atoms. The van der Waals surface area contributed by atoms with Crippen molar-refractivity contribution in [3.63, 3.8) is 0 Å². The lowest BCUT2D eigenvalue weighted by Gasteiger charge is -2.24. The Hall–Kier alpha value is -1.95. The molecule has 1 aromatic rings. The monoisotopic (exact) mass is 297 g/mol. The van der Waals surface area contributed by atoms with Crippen molar-refractivity contribution in [3.05, 3.63) is 22.7 Å². The van der Waals surface area contributed by atoms with Gasteiger partial charge in [0.15, 0.2) is 6.23 Å². The molecule has 8 heteroatoms. The Balaban J connectivity index is 2.54. The number of hydrogen-bond acceptors (Lipinski definition) is 6. The number of nitrogens with two attached hydrogens (primary N) is 1. The van der Waals surface area contributed by atoms with Crippen molar-refractivity contribution >= 4 is 5.82 Å². The van der Waals surface area contributed by atoms with Crippen LogP contribution in [0.4, 0.5) is 10.2 Å². The van der Waals surface area contributed by atoms with Gasteiger partial charge in [-0.1, -0.05) is 5.92 Å². The number of aromatic nitrogens is 2. The van der Waals surface area contributed by atoms with Gasteiger partial charge in [-0.15, -0.1) is 5.92 Å². The summed E-state index contributed by atoms with van der Waals surface area (Å²) in [5.74, 6) is 4.57. The van der Waals surface area contributed by atoms with Gasteiger partial charge in [-0.05, 0) is 19.9 Å². The molecule has 0 spiro atoms. The van der Waals surface area contributed by atoms with Crippen LogP contribution in [0, 0.1) is 11.8 Å². The van der Waals surface area contributed by atoms with Gasteiger partial charge in [0.05, 0.1) is 6.10 Å². The largest absolute Gasteiger partial charge is 0.391 e. The predicted octanol–water partition coefficient (Wildman–Crippen LogP) is -0.804. The molecule has 0 aliphatic carbocycles. The van der Waals surface area contributed by atoms with Crippen molar-refractivity contribution < 1.29 is 19.3 Å². The lowest BCUT2D eigenvalue weighted by atomic mass is 9.94. The van der Waals surface area contributed by atoms with E-state index in [1.165, 1.54) is 26.1 Å². The number of aliphatic hydroxyl groups is 2. The second-order valence-electron chi connectivity index (χ2n) is 4.82. The Bertz CT molecular complexity index is 651. The zero-order valence-corrected chi connectivity index (χ0v) is 11.5. The fraction of sp³-hybridized carbons (Fsp3) is 0.538. The van der Waals surface area contributed by atoms with Crippen LogP contribution in [0.1, 0.15) is 20.1 Å². The van der Waals surface area contributed by atoms with Gasteiger partial charge in [0.2, 0.25) is 5.67 Å². The number of hydrogen-bond donors (Lipinski definition) is 3. The zero-order valence-electron chi connectivity index (χ0n) is 11.5. The van der Waals surface area contributed by atoms with Crippen LogP contribution in [0.3, 0.4) is 0 Å². The second kappa shape index (κ2) is 5.44. The van der Waals surface area contributed by atoms with Gasteiger partial charge in [-0.3, -0.25) is 4.57 Å². The van der Waals surface area contributed by atoms with E-state index in [0.717, 1.165) is 4.57 Å². The maximum absolute atomic E-state index is 15.1. The number of aliphatic hydroxyl groups excluding tert-OH is 2. The molecule has 5 atom stereocenters. The third-order valence-corrected chi connectivity index (χ3v) is 3.28. The molecule has 1 saturated heterocycles. The van der Waals surface area contributed by atoms with Crippen LogP contribution >= 0.6 is 0 Å². The van der Waals surface area contributed by atoms with E-state index in [0.29, 0.717) is 0 Å². The summed E-state index contributed by atoms with van der Waals surface area (Å²) in [6, 6.07) is 1.30. The molecular weight excluding hydrogens is 281 g/mol. The maximum Gasteiger partial charge on any atom is 0.351 e. The molecule has 2 heterocycles. The summed E-state index contributed by atoms with van der Waals surface area (Å²) < 4.78 is 21.2.